The SMILES string of the molecule is CCC(C)N(CCOC)c1cnc(C(C)C)nc1C(=O)O. The Kier molecular flexibility index (Phi) is 6.55. The van der Waals surface area contributed by atoms with Crippen molar-refractivity contribution in [1.82, 2.24) is 9.97 Å². The Balaban J connectivity index is 3.25. The first-order valence-corrected chi connectivity index (χ1v) is 7.28. The van der Waals surface area contributed by atoms with E-state index >= 15 is 0 Å². The number of ether oxygens (including phenoxy) is 1. The molecule has 0 spiro atoms. The van der Waals surface area contributed by atoms with E-state index in [9.17, 15) is 9.90 Å². The summed E-state index contributed by atoms with van der Waals surface area (Å²) in [6.07, 6.45) is 2.52. The fourth-order valence-electron chi connectivity index (χ4n) is 2.02. The van der Waals surface area contributed by atoms with Gasteiger partial charge in [0.05, 0.1) is 18.5 Å². The van der Waals surface area contributed by atoms with Gasteiger partial charge in [-0.2, -0.15) is 0 Å². The van der Waals surface area contributed by atoms with E-state index in [4.69, 9.17) is 4.74 Å². The number of aromatic carboxylic acids is 1. The van der Waals surface area contributed by atoms with Gasteiger partial charge < -0.3 is 14.7 Å². The summed E-state index contributed by atoms with van der Waals surface area (Å²) in [5.74, 6) is -0.389. The van der Waals surface area contributed by atoms with Crippen LogP contribution in [-0.4, -0.2) is 47.3 Å². The number of methoxy groups -OCH3 is 1. The first-order valence-electron chi connectivity index (χ1n) is 7.28. The van der Waals surface area contributed by atoms with Gasteiger partial charge in [0.1, 0.15) is 5.82 Å². The highest BCUT2D eigenvalue weighted by molar-refractivity contribution is 5.92. The molecule has 1 N–H and O–H groups in total. The number of rotatable bonds is 8. The van der Waals surface area contributed by atoms with E-state index in [0.717, 1.165) is 6.42 Å². The largest absolute Gasteiger partial charge is 0.476 e. The minimum atomic E-state index is -1.03. The lowest BCUT2D eigenvalue weighted by Crippen LogP contribution is -2.37. The van der Waals surface area contributed by atoms with E-state index in [0.29, 0.717) is 24.7 Å². The lowest BCUT2D eigenvalue weighted by Gasteiger charge is -2.31. The number of carbonyl (C=O) groups is 1. The maximum Gasteiger partial charge on any atom is 0.356 e. The summed E-state index contributed by atoms with van der Waals surface area (Å²) in [7, 11) is 1.63. The number of hydrogen-bond acceptors (Lipinski definition) is 5. The monoisotopic (exact) mass is 295 g/mol. The van der Waals surface area contributed by atoms with Crippen molar-refractivity contribution < 1.29 is 14.6 Å². The van der Waals surface area contributed by atoms with Gasteiger partial charge in [-0.3, -0.25) is 0 Å². The van der Waals surface area contributed by atoms with Crippen molar-refractivity contribution >= 4 is 11.7 Å². The predicted octanol–water partition coefficient (Wildman–Crippen LogP) is 2.55. The molecule has 1 unspecified atom stereocenters. The Bertz CT molecular complexity index is 477. The molecule has 21 heavy (non-hydrogen) atoms. The number of carboxylic acids is 1. The van der Waals surface area contributed by atoms with Crippen LogP contribution in [0.1, 0.15) is 56.3 Å². The van der Waals surface area contributed by atoms with Crippen LogP contribution in [0.2, 0.25) is 0 Å². The summed E-state index contributed by atoms with van der Waals surface area (Å²) in [5.41, 5.74) is 0.614. The molecule has 6 nitrogen and oxygen atoms in total. The van der Waals surface area contributed by atoms with E-state index < -0.39 is 5.97 Å². The third kappa shape index (κ3) is 4.39. The molecule has 0 aromatic carbocycles. The minimum absolute atomic E-state index is 0.0603. The third-order valence-corrected chi connectivity index (χ3v) is 3.48. The number of aromatic nitrogens is 2. The van der Waals surface area contributed by atoms with Crippen LogP contribution in [0.5, 0.6) is 0 Å². The summed E-state index contributed by atoms with van der Waals surface area (Å²) in [6, 6.07) is 0.187. The molecule has 0 saturated carbocycles. The first kappa shape index (κ1) is 17.4. The quantitative estimate of drug-likeness (QED) is 0.794. The zero-order valence-electron chi connectivity index (χ0n) is 13.5. The Labute approximate surface area is 126 Å². The molecule has 0 radical (unpaired) electrons. The van der Waals surface area contributed by atoms with Crippen molar-refractivity contribution in [2.24, 2.45) is 0 Å². The van der Waals surface area contributed by atoms with Gasteiger partial charge in [-0.05, 0) is 13.3 Å². The van der Waals surface area contributed by atoms with Crippen molar-refractivity contribution in [3.05, 3.63) is 17.7 Å². The van der Waals surface area contributed by atoms with Gasteiger partial charge in [0.25, 0.3) is 0 Å². The Hall–Kier alpha value is -1.69. The molecule has 0 saturated heterocycles. The van der Waals surface area contributed by atoms with Crippen molar-refractivity contribution in [1.29, 1.82) is 0 Å². The van der Waals surface area contributed by atoms with Crippen LogP contribution in [0.4, 0.5) is 5.69 Å². The van der Waals surface area contributed by atoms with Gasteiger partial charge in [-0.15, -0.1) is 0 Å². The Morgan fingerprint density at radius 1 is 1.43 bits per heavy atom. The zero-order valence-corrected chi connectivity index (χ0v) is 13.5. The van der Waals surface area contributed by atoms with Gasteiger partial charge in [-0.25, -0.2) is 14.8 Å². The molecule has 1 aromatic heterocycles. The van der Waals surface area contributed by atoms with E-state index in [1.807, 2.05) is 18.7 Å². The molecule has 1 heterocycles. The van der Waals surface area contributed by atoms with Gasteiger partial charge in [0.15, 0.2) is 5.69 Å². The van der Waals surface area contributed by atoms with Gasteiger partial charge in [-0.1, -0.05) is 20.8 Å². The molecule has 0 aliphatic carbocycles. The average Bonchev–Trinajstić information content (AvgIpc) is 2.46. The predicted molar refractivity (Wildman–Crippen MR) is 82.1 cm³/mol. The van der Waals surface area contributed by atoms with Crippen molar-refractivity contribution in [2.45, 2.75) is 46.1 Å². The second-order valence-corrected chi connectivity index (χ2v) is 5.37. The number of nitrogens with zero attached hydrogens (tertiary/aromatic N) is 3. The van der Waals surface area contributed by atoms with E-state index in [1.165, 1.54) is 0 Å². The smallest absolute Gasteiger partial charge is 0.356 e. The second kappa shape index (κ2) is 7.93. The molecule has 0 amide bonds. The van der Waals surface area contributed by atoms with E-state index in [2.05, 4.69) is 23.8 Å². The summed E-state index contributed by atoms with van der Waals surface area (Å²) in [5, 5.41) is 9.45. The summed E-state index contributed by atoms with van der Waals surface area (Å²) >= 11 is 0. The fourth-order valence-corrected chi connectivity index (χ4v) is 2.02. The normalized spacial score (nSPS) is 12.5. The topological polar surface area (TPSA) is 75.5 Å². The molecular formula is C15H25N3O3. The summed E-state index contributed by atoms with van der Waals surface area (Å²) in [6.45, 7) is 9.13. The Morgan fingerprint density at radius 3 is 2.57 bits per heavy atom. The fraction of sp³-hybridized carbons (Fsp3) is 0.667. The maximum atomic E-state index is 11.5. The van der Waals surface area contributed by atoms with Crippen LogP contribution in [0.3, 0.4) is 0 Å². The van der Waals surface area contributed by atoms with Gasteiger partial charge in [0.2, 0.25) is 0 Å². The highest BCUT2D eigenvalue weighted by atomic mass is 16.5. The van der Waals surface area contributed by atoms with Gasteiger partial charge >= 0.3 is 5.97 Å². The van der Waals surface area contributed by atoms with Crippen LogP contribution in [0, 0.1) is 0 Å². The van der Waals surface area contributed by atoms with E-state index in [-0.39, 0.29) is 17.7 Å². The Morgan fingerprint density at radius 2 is 2.10 bits per heavy atom. The maximum absolute atomic E-state index is 11.5. The van der Waals surface area contributed by atoms with Crippen LogP contribution < -0.4 is 4.90 Å². The molecule has 0 aliphatic rings. The van der Waals surface area contributed by atoms with Crippen molar-refractivity contribution in [3.63, 3.8) is 0 Å². The lowest BCUT2D eigenvalue weighted by molar-refractivity contribution is 0.0690. The molecule has 118 valence electrons. The molecule has 0 aliphatic heterocycles. The zero-order chi connectivity index (χ0) is 16.0. The first-order chi connectivity index (χ1) is 9.92. The summed E-state index contributed by atoms with van der Waals surface area (Å²) in [4.78, 5) is 22.1. The van der Waals surface area contributed by atoms with E-state index in [1.54, 1.807) is 13.3 Å². The molecule has 0 fully saturated rings. The molecule has 1 aromatic rings. The summed E-state index contributed by atoms with van der Waals surface area (Å²) < 4.78 is 5.12. The molecule has 1 atom stereocenters. The number of carboxylic acid groups (broad SMARTS) is 1. The minimum Gasteiger partial charge on any atom is -0.476 e. The number of hydrogen-bond donors (Lipinski definition) is 1. The van der Waals surface area contributed by atoms with Crippen molar-refractivity contribution in [2.75, 3.05) is 25.2 Å². The standard InChI is InChI=1S/C15H25N3O3/c1-6-11(4)18(7-8-21-5)12-9-16-14(10(2)3)17-13(12)15(19)20/h9-11H,6-8H2,1-5H3,(H,19,20). The average molecular weight is 295 g/mol. The van der Waals surface area contributed by atoms with Gasteiger partial charge in [0, 0.05) is 25.6 Å². The number of anilines is 1. The lowest BCUT2D eigenvalue weighted by atomic mass is 10.1. The molecule has 0 bridgehead atoms. The third-order valence-electron chi connectivity index (χ3n) is 3.48. The van der Waals surface area contributed by atoms with Crippen LogP contribution in [-0.2, 0) is 4.74 Å². The molecule has 1 rings (SSSR count). The highest BCUT2D eigenvalue weighted by Crippen LogP contribution is 2.23. The highest BCUT2D eigenvalue weighted by Gasteiger charge is 2.22. The molecular weight excluding hydrogens is 270 g/mol. The van der Waals surface area contributed by atoms with Crippen LogP contribution in [0.15, 0.2) is 6.20 Å². The second-order valence-electron chi connectivity index (χ2n) is 5.37. The van der Waals surface area contributed by atoms with Crippen LogP contribution >= 0.6 is 0 Å². The molecule has 6 heteroatoms. The van der Waals surface area contributed by atoms with Crippen LogP contribution in [0.25, 0.3) is 0 Å². The van der Waals surface area contributed by atoms with Crippen molar-refractivity contribution in [3.8, 4) is 0 Å².